The normalized spacial score (nSPS) is 17.5. The molecule has 0 atom stereocenters. The van der Waals surface area contributed by atoms with Gasteiger partial charge in [-0.1, -0.05) is 29.8 Å². The van der Waals surface area contributed by atoms with E-state index in [1.165, 1.54) is 0 Å². The molecule has 2 rings (SSSR count). The van der Waals surface area contributed by atoms with E-state index in [1.807, 2.05) is 24.3 Å². The molecule has 0 unspecified atom stereocenters. The Morgan fingerprint density at radius 2 is 2.29 bits per heavy atom. The van der Waals surface area contributed by atoms with Crippen LogP contribution in [-0.4, -0.2) is 24.8 Å². The summed E-state index contributed by atoms with van der Waals surface area (Å²) in [6.45, 7) is 3.80. The van der Waals surface area contributed by atoms with Gasteiger partial charge in [0.25, 0.3) is 0 Å². The van der Waals surface area contributed by atoms with Gasteiger partial charge >= 0.3 is 0 Å². The lowest BCUT2D eigenvalue weighted by Gasteiger charge is -2.15. The third-order valence-corrected chi connectivity index (χ3v) is 2.68. The number of hydrogen-bond donors (Lipinski definition) is 2. The van der Waals surface area contributed by atoms with Gasteiger partial charge in [-0.05, 0) is 11.6 Å². The van der Waals surface area contributed by atoms with Crippen LogP contribution in [-0.2, 0) is 6.54 Å². The van der Waals surface area contributed by atoms with Gasteiger partial charge in [-0.15, -0.1) is 0 Å². The zero-order valence-corrected chi connectivity index (χ0v) is 8.72. The van der Waals surface area contributed by atoms with Crippen molar-refractivity contribution in [2.75, 3.05) is 19.8 Å². The highest BCUT2D eigenvalue weighted by Gasteiger charge is 2.09. The predicted molar refractivity (Wildman–Crippen MR) is 57.9 cm³/mol. The molecule has 3 nitrogen and oxygen atoms in total. The Morgan fingerprint density at radius 3 is 3.00 bits per heavy atom. The number of hydrogen-bond acceptors (Lipinski definition) is 3. The quantitative estimate of drug-likeness (QED) is 0.787. The van der Waals surface area contributed by atoms with Gasteiger partial charge in [0.1, 0.15) is 0 Å². The van der Waals surface area contributed by atoms with Crippen molar-refractivity contribution in [3.05, 3.63) is 34.9 Å². The largest absolute Gasteiger partial charge is 0.302 e. The van der Waals surface area contributed by atoms with Crippen LogP contribution in [0.2, 0.25) is 5.02 Å². The average Bonchev–Trinajstić information content (AvgIpc) is 2.69. The predicted octanol–water partition coefficient (Wildman–Crippen LogP) is 1.21. The lowest BCUT2D eigenvalue weighted by Crippen LogP contribution is -2.36. The summed E-state index contributed by atoms with van der Waals surface area (Å²) in [6.07, 6.45) is 0. The smallest absolute Gasteiger partial charge is 0.0622 e. The molecule has 0 amide bonds. The van der Waals surface area contributed by atoms with E-state index in [2.05, 4.69) is 15.8 Å². The standard InChI is InChI=1S/C10H14ClN3/c11-10-4-2-1-3-9(10)7-13-14-6-5-12-8-14/h1-4,12-13H,5-8H2. The molecule has 1 aromatic rings. The summed E-state index contributed by atoms with van der Waals surface area (Å²) in [6, 6.07) is 7.91. The number of hydrazine groups is 1. The zero-order chi connectivity index (χ0) is 9.80. The molecule has 0 bridgehead atoms. The highest BCUT2D eigenvalue weighted by atomic mass is 35.5. The van der Waals surface area contributed by atoms with Gasteiger partial charge in [-0.3, -0.25) is 0 Å². The van der Waals surface area contributed by atoms with Crippen molar-refractivity contribution < 1.29 is 0 Å². The molecule has 0 spiro atoms. The minimum Gasteiger partial charge on any atom is -0.302 e. The summed E-state index contributed by atoms with van der Waals surface area (Å²) in [5.74, 6) is 0. The molecule has 0 aliphatic carbocycles. The summed E-state index contributed by atoms with van der Waals surface area (Å²) in [7, 11) is 0. The minimum atomic E-state index is 0.793. The molecule has 1 aromatic carbocycles. The first-order chi connectivity index (χ1) is 6.86. The first-order valence-electron chi connectivity index (χ1n) is 4.79. The van der Waals surface area contributed by atoms with Crippen LogP contribution in [0.5, 0.6) is 0 Å². The van der Waals surface area contributed by atoms with E-state index >= 15 is 0 Å². The van der Waals surface area contributed by atoms with Crippen LogP contribution >= 0.6 is 11.6 Å². The molecule has 4 heteroatoms. The molecule has 0 radical (unpaired) electrons. The number of rotatable bonds is 3. The lowest BCUT2D eigenvalue weighted by atomic mass is 10.2. The maximum atomic E-state index is 6.04. The molecule has 1 heterocycles. The molecular weight excluding hydrogens is 198 g/mol. The fourth-order valence-electron chi connectivity index (χ4n) is 1.48. The summed E-state index contributed by atoms with van der Waals surface area (Å²) < 4.78 is 0. The topological polar surface area (TPSA) is 27.3 Å². The van der Waals surface area contributed by atoms with Gasteiger partial charge in [0.05, 0.1) is 6.67 Å². The van der Waals surface area contributed by atoms with Gasteiger partial charge in [-0.2, -0.15) is 0 Å². The van der Waals surface area contributed by atoms with Crippen molar-refractivity contribution in [3.8, 4) is 0 Å². The van der Waals surface area contributed by atoms with E-state index in [-0.39, 0.29) is 0 Å². The van der Waals surface area contributed by atoms with E-state index in [0.717, 1.165) is 36.9 Å². The summed E-state index contributed by atoms with van der Waals surface area (Å²) >= 11 is 6.04. The summed E-state index contributed by atoms with van der Waals surface area (Å²) in [5, 5.41) is 6.24. The van der Waals surface area contributed by atoms with Gasteiger partial charge in [-0.25, -0.2) is 10.4 Å². The Labute approximate surface area is 89.0 Å². The van der Waals surface area contributed by atoms with Crippen LogP contribution in [0.3, 0.4) is 0 Å². The molecule has 0 aromatic heterocycles. The van der Waals surface area contributed by atoms with E-state index in [0.29, 0.717) is 0 Å². The van der Waals surface area contributed by atoms with E-state index in [9.17, 15) is 0 Å². The fourth-order valence-corrected chi connectivity index (χ4v) is 1.68. The zero-order valence-electron chi connectivity index (χ0n) is 7.96. The van der Waals surface area contributed by atoms with Crippen LogP contribution in [0, 0.1) is 0 Å². The van der Waals surface area contributed by atoms with Crippen LogP contribution < -0.4 is 10.7 Å². The van der Waals surface area contributed by atoms with Crippen LogP contribution in [0.15, 0.2) is 24.3 Å². The highest BCUT2D eigenvalue weighted by Crippen LogP contribution is 2.14. The molecule has 1 aliphatic rings. The molecule has 1 fully saturated rings. The Morgan fingerprint density at radius 1 is 1.43 bits per heavy atom. The third kappa shape index (κ3) is 2.45. The Balaban J connectivity index is 1.88. The van der Waals surface area contributed by atoms with Gasteiger partial charge in [0.15, 0.2) is 0 Å². The molecule has 1 aliphatic heterocycles. The number of nitrogens with zero attached hydrogens (tertiary/aromatic N) is 1. The number of halogens is 1. The molecule has 14 heavy (non-hydrogen) atoms. The van der Waals surface area contributed by atoms with E-state index in [1.54, 1.807) is 0 Å². The van der Waals surface area contributed by atoms with Crippen molar-refractivity contribution in [1.29, 1.82) is 0 Å². The highest BCUT2D eigenvalue weighted by molar-refractivity contribution is 6.31. The Bertz CT molecular complexity index is 297. The van der Waals surface area contributed by atoms with Crippen molar-refractivity contribution >= 4 is 11.6 Å². The van der Waals surface area contributed by atoms with Crippen molar-refractivity contribution in [1.82, 2.24) is 15.8 Å². The van der Waals surface area contributed by atoms with Crippen molar-refractivity contribution in [3.63, 3.8) is 0 Å². The second-order valence-electron chi connectivity index (χ2n) is 3.35. The average molecular weight is 212 g/mol. The van der Waals surface area contributed by atoms with Crippen molar-refractivity contribution in [2.24, 2.45) is 0 Å². The lowest BCUT2D eigenvalue weighted by molar-refractivity contribution is 0.229. The van der Waals surface area contributed by atoms with Gasteiger partial charge in [0.2, 0.25) is 0 Å². The molecule has 2 N–H and O–H groups in total. The van der Waals surface area contributed by atoms with Crippen LogP contribution in [0.4, 0.5) is 0 Å². The Hall–Kier alpha value is -0.610. The summed E-state index contributed by atoms with van der Waals surface area (Å²) in [4.78, 5) is 0. The SMILES string of the molecule is Clc1ccccc1CNN1CCNC1. The van der Waals surface area contributed by atoms with Crippen molar-refractivity contribution in [2.45, 2.75) is 6.54 Å². The minimum absolute atomic E-state index is 0.793. The maximum Gasteiger partial charge on any atom is 0.0622 e. The second kappa shape index (κ2) is 4.75. The van der Waals surface area contributed by atoms with Gasteiger partial charge < -0.3 is 5.32 Å². The monoisotopic (exact) mass is 211 g/mol. The summed E-state index contributed by atoms with van der Waals surface area (Å²) in [5.41, 5.74) is 4.46. The molecule has 1 saturated heterocycles. The fraction of sp³-hybridized carbons (Fsp3) is 0.400. The molecular formula is C10H14ClN3. The first-order valence-corrected chi connectivity index (χ1v) is 5.16. The van der Waals surface area contributed by atoms with Gasteiger partial charge in [0, 0.05) is 24.7 Å². The maximum absolute atomic E-state index is 6.04. The van der Waals surface area contributed by atoms with Crippen LogP contribution in [0.1, 0.15) is 5.56 Å². The third-order valence-electron chi connectivity index (χ3n) is 2.31. The van der Waals surface area contributed by atoms with Crippen LogP contribution in [0.25, 0.3) is 0 Å². The van der Waals surface area contributed by atoms with E-state index < -0.39 is 0 Å². The first kappa shape index (κ1) is 9.93. The molecule has 0 saturated carbocycles. The second-order valence-corrected chi connectivity index (χ2v) is 3.76. The van der Waals surface area contributed by atoms with E-state index in [4.69, 9.17) is 11.6 Å². The number of benzene rings is 1. The molecule has 76 valence electrons. The Kier molecular flexibility index (Phi) is 3.37. The number of nitrogens with one attached hydrogen (secondary N) is 2.